The van der Waals surface area contributed by atoms with Gasteiger partial charge in [-0.2, -0.15) is 0 Å². The average molecular weight is 235 g/mol. The number of aldehydes is 1. The molecule has 0 fully saturated rings. The van der Waals surface area contributed by atoms with Crippen LogP contribution in [0.2, 0.25) is 5.02 Å². The van der Waals surface area contributed by atoms with Gasteiger partial charge in [0.05, 0.1) is 5.69 Å². The van der Waals surface area contributed by atoms with E-state index >= 15 is 0 Å². The van der Waals surface area contributed by atoms with Gasteiger partial charge in [-0.1, -0.05) is 23.7 Å². The Bertz CT molecular complexity index is 529. The lowest BCUT2D eigenvalue weighted by Gasteiger charge is -1.99. The van der Waals surface area contributed by atoms with E-state index in [1.165, 1.54) is 0 Å². The Balaban J connectivity index is 2.59. The fourth-order valence-corrected chi connectivity index (χ4v) is 1.71. The SMILES string of the molecule is Cc1nc(-c2ccc(Cl)cc2)c(C=O)n1C. The van der Waals surface area contributed by atoms with Gasteiger partial charge in [0.25, 0.3) is 0 Å². The summed E-state index contributed by atoms with van der Waals surface area (Å²) < 4.78 is 1.77. The van der Waals surface area contributed by atoms with Crippen LogP contribution in [0.5, 0.6) is 0 Å². The minimum Gasteiger partial charge on any atom is -0.329 e. The first-order valence-electron chi connectivity index (χ1n) is 4.88. The lowest BCUT2D eigenvalue weighted by Crippen LogP contribution is -1.97. The fraction of sp³-hybridized carbons (Fsp3) is 0.167. The molecule has 16 heavy (non-hydrogen) atoms. The van der Waals surface area contributed by atoms with Crippen molar-refractivity contribution in [3.05, 3.63) is 40.8 Å². The average Bonchev–Trinajstić information content (AvgIpc) is 2.56. The van der Waals surface area contributed by atoms with E-state index < -0.39 is 0 Å². The Morgan fingerprint density at radius 3 is 2.50 bits per heavy atom. The molecule has 0 atom stereocenters. The molecule has 0 saturated carbocycles. The molecule has 2 rings (SSSR count). The largest absolute Gasteiger partial charge is 0.329 e. The van der Waals surface area contributed by atoms with E-state index in [1.807, 2.05) is 26.1 Å². The minimum atomic E-state index is 0.583. The Labute approximate surface area is 98.7 Å². The molecule has 0 aliphatic heterocycles. The van der Waals surface area contributed by atoms with Crippen LogP contribution in [0.3, 0.4) is 0 Å². The summed E-state index contributed by atoms with van der Waals surface area (Å²) in [5, 5.41) is 0.670. The van der Waals surface area contributed by atoms with E-state index in [2.05, 4.69) is 4.98 Å². The van der Waals surface area contributed by atoms with Crippen molar-refractivity contribution in [3.8, 4) is 11.3 Å². The predicted molar refractivity (Wildman–Crippen MR) is 63.8 cm³/mol. The third-order valence-electron chi connectivity index (χ3n) is 2.59. The van der Waals surface area contributed by atoms with Crippen molar-refractivity contribution >= 4 is 17.9 Å². The lowest BCUT2D eigenvalue weighted by atomic mass is 10.1. The van der Waals surface area contributed by atoms with Crippen molar-refractivity contribution < 1.29 is 4.79 Å². The summed E-state index contributed by atoms with van der Waals surface area (Å²) in [6.07, 6.45) is 0.823. The molecule has 0 amide bonds. The number of nitrogens with zero attached hydrogens (tertiary/aromatic N) is 2. The van der Waals surface area contributed by atoms with Crippen molar-refractivity contribution in [1.29, 1.82) is 0 Å². The molecule has 2 aromatic rings. The van der Waals surface area contributed by atoms with Gasteiger partial charge in [0.15, 0.2) is 6.29 Å². The Morgan fingerprint density at radius 2 is 1.94 bits per heavy atom. The van der Waals surface area contributed by atoms with E-state index in [9.17, 15) is 4.79 Å². The highest BCUT2D eigenvalue weighted by atomic mass is 35.5. The summed E-state index contributed by atoms with van der Waals surface area (Å²) in [4.78, 5) is 15.4. The number of carbonyl (C=O) groups is 1. The van der Waals surface area contributed by atoms with E-state index in [-0.39, 0.29) is 0 Å². The van der Waals surface area contributed by atoms with Crippen LogP contribution >= 0.6 is 11.6 Å². The summed E-state index contributed by atoms with van der Waals surface area (Å²) in [6.45, 7) is 1.87. The number of hydrogen-bond donors (Lipinski definition) is 0. The molecular formula is C12H11ClN2O. The molecule has 0 spiro atoms. The zero-order valence-electron chi connectivity index (χ0n) is 9.07. The first-order chi connectivity index (χ1) is 7.63. The molecule has 0 N–H and O–H groups in total. The molecule has 1 heterocycles. The summed E-state index contributed by atoms with van der Waals surface area (Å²) in [6, 6.07) is 7.29. The van der Waals surface area contributed by atoms with Crippen molar-refractivity contribution in [2.45, 2.75) is 6.92 Å². The fourth-order valence-electron chi connectivity index (χ4n) is 1.58. The second kappa shape index (κ2) is 4.10. The Morgan fingerprint density at radius 1 is 1.31 bits per heavy atom. The highest BCUT2D eigenvalue weighted by Gasteiger charge is 2.12. The second-order valence-electron chi connectivity index (χ2n) is 3.58. The highest BCUT2D eigenvalue weighted by molar-refractivity contribution is 6.30. The first-order valence-corrected chi connectivity index (χ1v) is 5.25. The van der Waals surface area contributed by atoms with Crippen molar-refractivity contribution in [2.24, 2.45) is 7.05 Å². The van der Waals surface area contributed by atoms with Crippen molar-refractivity contribution in [1.82, 2.24) is 9.55 Å². The van der Waals surface area contributed by atoms with Crippen LogP contribution in [0, 0.1) is 6.92 Å². The van der Waals surface area contributed by atoms with E-state index in [0.29, 0.717) is 16.4 Å². The number of carbonyl (C=O) groups excluding carboxylic acids is 1. The molecule has 4 heteroatoms. The molecule has 0 unspecified atom stereocenters. The third kappa shape index (κ3) is 1.74. The summed E-state index contributed by atoms with van der Waals surface area (Å²) in [7, 11) is 1.82. The number of imidazole rings is 1. The van der Waals surface area contributed by atoms with Crippen LogP contribution < -0.4 is 0 Å². The number of aromatic nitrogens is 2. The number of rotatable bonds is 2. The van der Waals surface area contributed by atoms with Crippen LogP contribution in [0.25, 0.3) is 11.3 Å². The first kappa shape index (κ1) is 10.9. The van der Waals surface area contributed by atoms with Gasteiger partial charge in [-0.05, 0) is 19.1 Å². The quantitative estimate of drug-likeness (QED) is 0.749. The van der Waals surface area contributed by atoms with Crippen molar-refractivity contribution in [2.75, 3.05) is 0 Å². The predicted octanol–water partition coefficient (Wildman–Crippen LogP) is 2.86. The molecule has 1 aromatic heterocycles. The van der Waals surface area contributed by atoms with Gasteiger partial charge in [-0.25, -0.2) is 4.98 Å². The smallest absolute Gasteiger partial charge is 0.168 e. The van der Waals surface area contributed by atoms with Gasteiger partial charge < -0.3 is 4.57 Å². The topological polar surface area (TPSA) is 34.9 Å². The molecule has 0 aliphatic rings. The molecule has 0 radical (unpaired) electrons. The third-order valence-corrected chi connectivity index (χ3v) is 2.84. The standard InChI is InChI=1S/C12H11ClN2O/c1-8-14-12(11(7-16)15(8)2)9-3-5-10(13)6-4-9/h3-7H,1-2H3. The van der Waals surface area contributed by atoms with Gasteiger partial charge in [-0.3, -0.25) is 4.79 Å². The molecule has 1 aromatic carbocycles. The Kier molecular flexibility index (Phi) is 2.79. The van der Waals surface area contributed by atoms with E-state index in [4.69, 9.17) is 11.6 Å². The van der Waals surface area contributed by atoms with Crippen molar-refractivity contribution in [3.63, 3.8) is 0 Å². The number of aryl methyl sites for hydroxylation is 1. The number of halogens is 1. The van der Waals surface area contributed by atoms with E-state index in [0.717, 1.165) is 17.7 Å². The summed E-state index contributed by atoms with van der Waals surface area (Å²) in [5.41, 5.74) is 2.18. The van der Waals surface area contributed by atoms with Gasteiger partial charge in [0.2, 0.25) is 0 Å². The van der Waals surface area contributed by atoms with Crippen LogP contribution in [-0.2, 0) is 7.05 Å². The van der Waals surface area contributed by atoms with Gasteiger partial charge >= 0.3 is 0 Å². The number of hydrogen-bond acceptors (Lipinski definition) is 2. The van der Waals surface area contributed by atoms with Gasteiger partial charge in [0, 0.05) is 17.6 Å². The lowest BCUT2D eigenvalue weighted by molar-refractivity contribution is 0.111. The maximum atomic E-state index is 11.0. The molecule has 82 valence electrons. The van der Waals surface area contributed by atoms with Gasteiger partial charge in [0.1, 0.15) is 11.5 Å². The molecule has 3 nitrogen and oxygen atoms in total. The molecular weight excluding hydrogens is 224 g/mol. The van der Waals surface area contributed by atoms with Crippen LogP contribution in [0.4, 0.5) is 0 Å². The number of benzene rings is 1. The normalized spacial score (nSPS) is 10.4. The second-order valence-corrected chi connectivity index (χ2v) is 4.01. The molecule has 0 saturated heterocycles. The highest BCUT2D eigenvalue weighted by Crippen LogP contribution is 2.23. The maximum absolute atomic E-state index is 11.0. The minimum absolute atomic E-state index is 0.583. The summed E-state index contributed by atoms with van der Waals surface area (Å²) >= 11 is 5.81. The Hall–Kier alpha value is -1.61. The van der Waals surface area contributed by atoms with E-state index in [1.54, 1.807) is 16.7 Å². The van der Waals surface area contributed by atoms with Crippen LogP contribution in [0.1, 0.15) is 16.3 Å². The van der Waals surface area contributed by atoms with Crippen LogP contribution in [-0.4, -0.2) is 15.8 Å². The summed E-state index contributed by atoms with van der Waals surface area (Å²) in [5.74, 6) is 0.812. The van der Waals surface area contributed by atoms with Gasteiger partial charge in [-0.15, -0.1) is 0 Å². The van der Waals surface area contributed by atoms with Crippen LogP contribution in [0.15, 0.2) is 24.3 Å². The maximum Gasteiger partial charge on any atom is 0.168 e. The zero-order valence-corrected chi connectivity index (χ0v) is 9.82. The molecule has 0 aliphatic carbocycles. The molecule has 0 bridgehead atoms. The zero-order chi connectivity index (χ0) is 11.7. The monoisotopic (exact) mass is 234 g/mol.